The molecule has 0 saturated carbocycles. The number of phenols is 1. The Morgan fingerprint density at radius 3 is 1.62 bits per heavy atom. The van der Waals surface area contributed by atoms with Gasteiger partial charge >= 0.3 is 5.97 Å². The SMILES string of the molecule is CC(C)NCc1ccc(C[C@@H]2NC(=O)[C@@H](Cc3c[nH]c4ccccc34)NC(=O)[C@H](Cc3ccccc3)NC(=O)[C@@H]3CCC(=O)NCCCC[C@H](NC(=O)[C@H](Cc4ccccc4)NC(=O)[C@@H]([C@@H](C)O)NC2=O)C(=O)N[C@@H](CO)C(=O)N[C@H](C(=O)O)CSSC[C@H](NC(=O)[C@@H](N)Cc2ccc(O)cc2)C(=O)N[C@@H](CCCCN)C(=O)N3)cc1. The average Bonchev–Trinajstić information content (AvgIpc) is 1.58. The van der Waals surface area contributed by atoms with Crippen LogP contribution < -0.4 is 80.6 Å². The van der Waals surface area contributed by atoms with Crippen LogP contribution in [-0.4, -0.2) is 218 Å². The summed E-state index contributed by atoms with van der Waals surface area (Å²) < 4.78 is 0. The van der Waals surface area contributed by atoms with Gasteiger partial charge in [0.1, 0.15) is 72.2 Å². The number of aliphatic carboxylic acids is 1. The predicted molar refractivity (Wildman–Crippen MR) is 436 cm³/mol. The van der Waals surface area contributed by atoms with Gasteiger partial charge in [-0.05, 0) is 116 Å². The van der Waals surface area contributed by atoms with E-state index in [0.29, 0.717) is 51.7 Å². The van der Waals surface area contributed by atoms with Crippen LogP contribution in [0.4, 0.5) is 0 Å². The number of hydrogen-bond acceptors (Lipinski definition) is 21. The van der Waals surface area contributed by atoms with Crippen LogP contribution in [0.5, 0.6) is 5.75 Å². The number of aliphatic hydroxyl groups is 2. The van der Waals surface area contributed by atoms with Crippen LogP contribution in [0.2, 0.25) is 0 Å². The minimum absolute atomic E-state index is 0.0245. The number of benzene rings is 5. The van der Waals surface area contributed by atoms with Crippen LogP contribution in [0.25, 0.3) is 10.9 Å². The van der Waals surface area contributed by atoms with Crippen molar-refractivity contribution in [2.24, 2.45) is 11.5 Å². The maximum atomic E-state index is 15.6. The van der Waals surface area contributed by atoms with E-state index in [1.807, 2.05) is 26.0 Å². The molecule has 2 saturated heterocycles. The van der Waals surface area contributed by atoms with Crippen LogP contribution in [0, 0.1) is 0 Å². The van der Waals surface area contributed by atoms with Gasteiger partial charge in [0.25, 0.3) is 0 Å². The molecule has 2 aliphatic rings. The zero-order valence-electron chi connectivity index (χ0n) is 64.9. The highest BCUT2D eigenvalue weighted by molar-refractivity contribution is 8.76. The first kappa shape index (κ1) is 90.6. The van der Waals surface area contributed by atoms with Crippen molar-refractivity contribution in [2.45, 2.75) is 195 Å². The summed E-state index contributed by atoms with van der Waals surface area (Å²) in [5.41, 5.74) is 16.4. The molecule has 3 heterocycles. The van der Waals surface area contributed by atoms with Crippen LogP contribution in [0.15, 0.2) is 140 Å². The van der Waals surface area contributed by atoms with Crippen molar-refractivity contribution in [3.05, 3.63) is 173 Å². The average molecular weight is 1640 g/mol. The van der Waals surface area contributed by atoms with Crippen molar-refractivity contribution in [3.8, 4) is 5.75 Å². The van der Waals surface area contributed by atoms with E-state index in [4.69, 9.17) is 11.5 Å². The number of nitrogens with two attached hydrogens (primary N) is 2. The third-order valence-corrected chi connectivity index (χ3v) is 22.0. The number of carboxylic acid groups (broad SMARTS) is 1. The number of carbonyl (C=O) groups is 13. The number of fused-ring (bicyclic) bond motifs is 10. The van der Waals surface area contributed by atoms with Gasteiger partial charge in [-0.25, -0.2) is 4.79 Å². The zero-order valence-corrected chi connectivity index (χ0v) is 66.5. The Kier molecular flexibility index (Phi) is 35.9. The lowest BCUT2D eigenvalue weighted by molar-refractivity contribution is -0.142. The Morgan fingerprint density at radius 1 is 0.526 bits per heavy atom. The number of H-pyrrole nitrogens is 1. The van der Waals surface area contributed by atoms with Gasteiger partial charge in [-0.15, -0.1) is 0 Å². The van der Waals surface area contributed by atoms with Gasteiger partial charge in [0, 0.05) is 79.8 Å². The molecular formula is C81H106N16O17S2. The number of aliphatic hydroxyl groups excluding tert-OH is 2. The number of aromatic amines is 1. The second kappa shape index (κ2) is 46.0. The molecule has 2 bridgehead atoms. The molecule has 2 fully saturated rings. The van der Waals surface area contributed by atoms with Crippen LogP contribution in [0.3, 0.4) is 0 Å². The Bertz CT molecular complexity index is 4320. The Balaban J connectivity index is 1.26. The number of aromatic hydroxyl groups is 1. The molecule has 0 radical (unpaired) electrons. The van der Waals surface area contributed by atoms with E-state index in [0.717, 1.165) is 27.2 Å². The molecule has 1 aromatic heterocycles. The van der Waals surface area contributed by atoms with Gasteiger partial charge in [0.2, 0.25) is 70.9 Å². The van der Waals surface area contributed by atoms with E-state index < -0.39 is 181 Å². The summed E-state index contributed by atoms with van der Waals surface area (Å²) >= 11 is 0. The highest BCUT2D eigenvalue weighted by Gasteiger charge is 2.39. The predicted octanol–water partition coefficient (Wildman–Crippen LogP) is -0.393. The Labute approximate surface area is 679 Å². The summed E-state index contributed by atoms with van der Waals surface area (Å²) in [6, 6.07) is 17.3. The largest absolute Gasteiger partial charge is 0.508 e. The molecular weight excluding hydrogens is 1530 g/mol. The van der Waals surface area contributed by atoms with Crippen LogP contribution in [0.1, 0.15) is 106 Å². The molecule has 0 spiro atoms. The van der Waals surface area contributed by atoms with Crippen molar-refractivity contribution >= 4 is 109 Å². The van der Waals surface area contributed by atoms with Gasteiger partial charge in [0.05, 0.1) is 18.8 Å². The topological polar surface area (TPSA) is 527 Å². The highest BCUT2D eigenvalue weighted by atomic mass is 33.1. The summed E-state index contributed by atoms with van der Waals surface area (Å²) in [5, 5.41) is 78.5. The van der Waals surface area contributed by atoms with Gasteiger partial charge in [0.15, 0.2) is 0 Å². The van der Waals surface area contributed by atoms with Crippen LogP contribution >= 0.6 is 21.6 Å². The third-order valence-electron chi connectivity index (χ3n) is 19.5. The number of nitrogens with one attached hydrogen (secondary N) is 14. The number of phenolic OH excluding ortho intramolecular Hbond substituents is 1. The van der Waals surface area contributed by atoms with E-state index in [1.54, 1.807) is 103 Å². The van der Waals surface area contributed by atoms with E-state index in [9.17, 15) is 54.0 Å². The Morgan fingerprint density at radius 2 is 1.03 bits per heavy atom. The smallest absolute Gasteiger partial charge is 0.327 e. The first-order chi connectivity index (χ1) is 55.6. The number of rotatable bonds is 22. The molecule has 116 heavy (non-hydrogen) atoms. The summed E-state index contributed by atoms with van der Waals surface area (Å²) in [5.74, 6) is -14.2. The summed E-state index contributed by atoms with van der Waals surface area (Å²) in [6.45, 7) is 4.58. The lowest BCUT2D eigenvalue weighted by Gasteiger charge is -2.29. The Hall–Kier alpha value is -11.0. The van der Waals surface area contributed by atoms with Gasteiger partial charge in [-0.3, -0.25) is 57.5 Å². The minimum atomic E-state index is -1.88. The zero-order chi connectivity index (χ0) is 83.8. The highest BCUT2D eigenvalue weighted by Crippen LogP contribution is 2.25. The van der Waals surface area contributed by atoms with Crippen LogP contribution in [-0.2, 0) is 101 Å². The lowest BCUT2D eigenvalue weighted by Crippen LogP contribution is -2.63. The summed E-state index contributed by atoms with van der Waals surface area (Å²) in [4.78, 5) is 195. The monoisotopic (exact) mass is 1640 g/mol. The number of hydrogen-bond donors (Lipinski definition) is 20. The number of carboxylic acids is 1. The molecule has 5 aromatic carbocycles. The molecule has 33 nitrogen and oxygen atoms in total. The normalized spacial score (nSPS) is 23.5. The number of carbonyl (C=O) groups excluding carboxylic acids is 12. The number of aromatic nitrogens is 1. The second-order valence-corrected chi connectivity index (χ2v) is 31.6. The minimum Gasteiger partial charge on any atom is -0.508 e. The van der Waals surface area contributed by atoms with Crippen molar-refractivity contribution in [3.63, 3.8) is 0 Å². The molecule has 12 amide bonds. The molecule has 35 heteroatoms. The van der Waals surface area contributed by atoms with Gasteiger partial charge in [-0.1, -0.05) is 151 Å². The van der Waals surface area contributed by atoms with Crippen molar-refractivity contribution in [2.75, 3.05) is 31.2 Å². The molecule has 22 N–H and O–H groups in total. The fourth-order valence-corrected chi connectivity index (χ4v) is 15.2. The van der Waals surface area contributed by atoms with Crippen molar-refractivity contribution < 1.29 is 82.8 Å². The number of para-hydroxylation sites is 1. The number of amides is 12. The molecule has 2 aliphatic heterocycles. The first-order valence-corrected chi connectivity index (χ1v) is 41.2. The fraction of sp³-hybridized carbons (Fsp3) is 0.444. The molecule has 13 atom stereocenters. The maximum absolute atomic E-state index is 15.6. The fourth-order valence-electron chi connectivity index (χ4n) is 12.9. The molecule has 0 unspecified atom stereocenters. The second-order valence-electron chi connectivity index (χ2n) is 29.1. The lowest BCUT2D eigenvalue weighted by atomic mass is 9.99. The van der Waals surface area contributed by atoms with E-state index in [2.05, 4.69) is 74.1 Å². The molecule has 0 aliphatic carbocycles. The summed E-state index contributed by atoms with van der Waals surface area (Å²) in [6.07, 6.45) is -1.89. The summed E-state index contributed by atoms with van der Waals surface area (Å²) in [7, 11) is 1.68. The van der Waals surface area contributed by atoms with Gasteiger partial charge in [-0.2, -0.15) is 0 Å². The third kappa shape index (κ3) is 28.8. The number of unbranched alkanes of at least 4 members (excludes halogenated alkanes) is 1. The molecule has 6 aromatic rings. The maximum Gasteiger partial charge on any atom is 0.327 e. The van der Waals surface area contributed by atoms with E-state index >= 15 is 28.8 Å². The van der Waals surface area contributed by atoms with E-state index in [1.165, 1.54) is 31.2 Å². The quantitative estimate of drug-likeness (QED) is 0.0304. The molecule has 624 valence electrons. The van der Waals surface area contributed by atoms with Crippen molar-refractivity contribution in [1.82, 2.24) is 74.1 Å². The van der Waals surface area contributed by atoms with Gasteiger partial charge < -0.3 is 106 Å². The molecule has 8 rings (SSSR count). The standard InChI is InChI=1S/C81H106N16O17S2/c1-46(2)85-41-52-26-24-51(25-27-52)39-63-77(109)97-69(47(3)99)80(112)93-62(38-49-18-8-5-9-19-49)74(106)87-59-23-13-15-35-84-68(101)33-32-60(73(105)90-61(37-48-16-6-4-7-17-48)75(107)92-64(76(108)91-63)40-53-42-86-57-21-11-10-20-55(53)57)89-71(103)58(22-12-14-34-82)88-79(111)66(95-70(102)56(83)36-50-28-30-54(100)31-29-50)44-115-116-45-67(81(113)114)96-78(110)65(43-98)94-72(59)104/h4-11,16-21,24-31,42,46-47,56,58-67,69,85-86,98-100H,12-15,22-23,32-41,43-45,82-83H2,1-3H3,(H,84,101)(H,87,106)(H,88,111)(H,89,103)(H,90,105)(H,91,108)(H,92,107)(H,93,112)(H,94,104)(H,95,102)(H,96,110)(H,97,109)(H,113,114)/t47-,56+,58+,59+,60+,61+,62+,63+,64-,65+,66+,67+,69-/m1/s1. The van der Waals surface area contributed by atoms with Crippen molar-refractivity contribution in [1.29, 1.82) is 0 Å². The first-order valence-electron chi connectivity index (χ1n) is 38.7. The van der Waals surface area contributed by atoms with E-state index in [-0.39, 0.29) is 94.8 Å².